The first kappa shape index (κ1) is 15.7. The molecule has 1 N–H and O–H groups in total. The number of halogens is 3. The SMILES string of the molecule is [O-][S+](c1ccccc1)c1ccc(C2=NOC(C(F)(F)F)N2)cc1. The molecule has 4 nitrogen and oxygen atoms in total. The van der Waals surface area contributed by atoms with Gasteiger partial charge in [-0.2, -0.15) is 13.2 Å². The molecule has 23 heavy (non-hydrogen) atoms. The van der Waals surface area contributed by atoms with Crippen molar-refractivity contribution in [3.05, 3.63) is 60.2 Å². The number of benzene rings is 2. The molecule has 1 aliphatic heterocycles. The van der Waals surface area contributed by atoms with E-state index in [0.717, 1.165) is 0 Å². The van der Waals surface area contributed by atoms with E-state index in [-0.39, 0.29) is 5.84 Å². The molecule has 0 aliphatic carbocycles. The van der Waals surface area contributed by atoms with Crippen LogP contribution in [0.15, 0.2) is 69.5 Å². The Hall–Kier alpha value is -2.19. The summed E-state index contributed by atoms with van der Waals surface area (Å²) in [4.78, 5) is 5.52. The maximum atomic E-state index is 12.5. The number of hydrogen-bond donors (Lipinski definition) is 1. The van der Waals surface area contributed by atoms with Crippen molar-refractivity contribution < 1.29 is 22.6 Å². The van der Waals surface area contributed by atoms with Crippen LogP contribution in [0, 0.1) is 0 Å². The summed E-state index contributed by atoms with van der Waals surface area (Å²) in [6, 6.07) is 15.1. The quantitative estimate of drug-likeness (QED) is 0.874. The van der Waals surface area contributed by atoms with E-state index in [9.17, 15) is 17.7 Å². The summed E-state index contributed by atoms with van der Waals surface area (Å²) in [5.41, 5.74) is 0.422. The fourth-order valence-electron chi connectivity index (χ4n) is 1.98. The van der Waals surface area contributed by atoms with Gasteiger partial charge in [-0.3, -0.25) is 0 Å². The largest absolute Gasteiger partial charge is 0.606 e. The lowest BCUT2D eigenvalue weighted by Crippen LogP contribution is -2.41. The molecule has 2 unspecified atom stereocenters. The van der Waals surface area contributed by atoms with E-state index in [0.29, 0.717) is 15.4 Å². The summed E-state index contributed by atoms with van der Waals surface area (Å²) in [5.74, 6) is -0.00984. The van der Waals surface area contributed by atoms with Gasteiger partial charge in [0.15, 0.2) is 15.6 Å². The van der Waals surface area contributed by atoms with Crippen molar-refractivity contribution >= 4 is 17.0 Å². The van der Waals surface area contributed by atoms with Gasteiger partial charge in [0.1, 0.15) is 0 Å². The van der Waals surface area contributed by atoms with Crippen LogP contribution in [0.1, 0.15) is 5.56 Å². The Balaban J connectivity index is 1.73. The molecule has 0 fully saturated rings. The zero-order valence-electron chi connectivity index (χ0n) is 11.6. The molecule has 3 rings (SSSR count). The number of rotatable bonds is 3. The first-order valence-electron chi connectivity index (χ1n) is 6.59. The number of hydrogen-bond acceptors (Lipinski definition) is 4. The average Bonchev–Trinajstić information content (AvgIpc) is 3.05. The highest BCUT2D eigenvalue weighted by molar-refractivity contribution is 7.91. The molecule has 1 heterocycles. The second kappa shape index (κ2) is 6.13. The van der Waals surface area contributed by atoms with E-state index < -0.39 is 23.6 Å². The lowest BCUT2D eigenvalue weighted by molar-refractivity contribution is -0.218. The number of nitrogens with one attached hydrogen (secondary N) is 1. The van der Waals surface area contributed by atoms with E-state index in [2.05, 4.69) is 15.3 Å². The lowest BCUT2D eigenvalue weighted by Gasteiger charge is -2.13. The highest BCUT2D eigenvalue weighted by Crippen LogP contribution is 2.25. The van der Waals surface area contributed by atoms with E-state index in [4.69, 9.17) is 0 Å². The summed E-state index contributed by atoms with van der Waals surface area (Å²) in [6.45, 7) is 0. The predicted molar refractivity (Wildman–Crippen MR) is 78.2 cm³/mol. The molecule has 0 spiro atoms. The molecular formula is C15H11F3N2O2S. The monoisotopic (exact) mass is 340 g/mol. The first-order valence-corrected chi connectivity index (χ1v) is 7.74. The van der Waals surface area contributed by atoms with Crippen LogP contribution in [0.2, 0.25) is 0 Å². The van der Waals surface area contributed by atoms with E-state index in [1.165, 1.54) is 0 Å². The molecule has 0 bridgehead atoms. The second-order valence-electron chi connectivity index (χ2n) is 4.72. The Bertz CT molecular complexity index is 705. The zero-order chi connectivity index (χ0) is 16.4. The smallest absolute Gasteiger partial charge is 0.448 e. The van der Waals surface area contributed by atoms with Crippen LogP contribution in [0.25, 0.3) is 0 Å². The molecular weight excluding hydrogens is 329 g/mol. The van der Waals surface area contributed by atoms with Crippen molar-refractivity contribution in [2.75, 3.05) is 0 Å². The predicted octanol–water partition coefficient (Wildman–Crippen LogP) is 3.02. The molecule has 0 saturated carbocycles. The van der Waals surface area contributed by atoms with Gasteiger partial charge >= 0.3 is 6.18 Å². The number of alkyl halides is 3. The van der Waals surface area contributed by atoms with Crippen molar-refractivity contribution in [3.63, 3.8) is 0 Å². The summed E-state index contributed by atoms with van der Waals surface area (Å²) < 4.78 is 49.9. The fraction of sp³-hybridized carbons (Fsp3) is 0.133. The number of amidine groups is 1. The third-order valence-electron chi connectivity index (χ3n) is 3.11. The van der Waals surface area contributed by atoms with Crippen LogP contribution in [-0.4, -0.2) is 22.8 Å². The molecule has 0 amide bonds. The van der Waals surface area contributed by atoms with Gasteiger partial charge in [-0.25, -0.2) is 0 Å². The normalized spacial score (nSPS) is 18.8. The van der Waals surface area contributed by atoms with Crippen molar-refractivity contribution in [3.8, 4) is 0 Å². The van der Waals surface area contributed by atoms with Gasteiger partial charge in [-0.1, -0.05) is 23.4 Å². The Morgan fingerprint density at radius 1 is 1.00 bits per heavy atom. The topological polar surface area (TPSA) is 56.7 Å². The Labute approximate surface area is 133 Å². The first-order chi connectivity index (χ1) is 10.9. The summed E-state index contributed by atoms with van der Waals surface area (Å²) in [6.07, 6.45) is -6.68. The molecule has 8 heteroatoms. The van der Waals surface area contributed by atoms with Gasteiger partial charge in [-0.05, 0) is 36.4 Å². The minimum absolute atomic E-state index is 0.00984. The van der Waals surface area contributed by atoms with Crippen LogP contribution in [0.5, 0.6) is 0 Å². The Morgan fingerprint density at radius 3 is 2.17 bits per heavy atom. The maximum Gasteiger partial charge on any atom is 0.448 e. The number of nitrogens with zero attached hydrogens (tertiary/aromatic N) is 1. The van der Waals surface area contributed by atoms with Crippen LogP contribution in [0.3, 0.4) is 0 Å². The molecule has 0 aromatic heterocycles. The van der Waals surface area contributed by atoms with Crippen LogP contribution in [0.4, 0.5) is 13.2 Å². The highest BCUT2D eigenvalue weighted by Gasteiger charge is 2.45. The Morgan fingerprint density at radius 2 is 1.61 bits per heavy atom. The van der Waals surface area contributed by atoms with Crippen molar-refractivity contribution in [2.45, 2.75) is 22.2 Å². The molecule has 120 valence electrons. The lowest BCUT2D eigenvalue weighted by atomic mass is 10.2. The van der Waals surface area contributed by atoms with Gasteiger partial charge in [0, 0.05) is 16.7 Å². The fourth-order valence-corrected chi connectivity index (χ4v) is 3.04. The van der Waals surface area contributed by atoms with Gasteiger partial charge in [0.05, 0.1) is 0 Å². The Kier molecular flexibility index (Phi) is 4.18. The second-order valence-corrected chi connectivity index (χ2v) is 6.20. The highest BCUT2D eigenvalue weighted by atomic mass is 32.2. The number of oxime groups is 1. The van der Waals surface area contributed by atoms with Crippen LogP contribution in [-0.2, 0) is 16.0 Å². The van der Waals surface area contributed by atoms with Gasteiger partial charge in [0.2, 0.25) is 0 Å². The van der Waals surface area contributed by atoms with E-state index in [1.807, 2.05) is 6.07 Å². The third kappa shape index (κ3) is 3.43. The average molecular weight is 340 g/mol. The molecule has 2 aromatic rings. The van der Waals surface area contributed by atoms with Gasteiger partial charge < -0.3 is 14.7 Å². The molecule has 1 aliphatic rings. The summed E-state index contributed by atoms with van der Waals surface area (Å²) >= 11 is -1.35. The van der Waals surface area contributed by atoms with Crippen molar-refractivity contribution in [1.82, 2.24) is 5.32 Å². The minimum atomic E-state index is -4.54. The minimum Gasteiger partial charge on any atom is -0.606 e. The van der Waals surface area contributed by atoms with Crippen molar-refractivity contribution in [1.29, 1.82) is 0 Å². The van der Waals surface area contributed by atoms with Crippen LogP contribution >= 0.6 is 0 Å². The van der Waals surface area contributed by atoms with Crippen LogP contribution < -0.4 is 5.32 Å². The van der Waals surface area contributed by atoms with E-state index in [1.54, 1.807) is 48.5 Å². The van der Waals surface area contributed by atoms with Crippen molar-refractivity contribution in [2.24, 2.45) is 5.16 Å². The third-order valence-corrected chi connectivity index (χ3v) is 4.51. The molecule has 2 atom stereocenters. The molecule has 2 aromatic carbocycles. The van der Waals surface area contributed by atoms with E-state index >= 15 is 0 Å². The van der Waals surface area contributed by atoms with Gasteiger partial charge in [0.25, 0.3) is 6.23 Å². The maximum absolute atomic E-state index is 12.5. The molecule has 0 saturated heterocycles. The van der Waals surface area contributed by atoms with Gasteiger partial charge in [-0.15, -0.1) is 0 Å². The zero-order valence-corrected chi connectivity index (χ0v) is 12.4. The molecule has 0 radical (unpaired) electrons. The summed E-state index contributed by atoms with van der Waals surface area (Å²) in [5, 5.41) is 5.55. The summed E-state index contributed by atoms with van der Waals surface area (Å²) in [7, 11) is 0. The standard InChI is InChI=1S/C15H11F3N2O2S/c16-15(17,18)14-19-13(20-22-14)10-6-8-12(9-7-10)23(21)11-4-2-1-3-5-11/h1-9,14H,(H,19,20).